The highest BCUT2D eigenvalue weighted by Gasteiger charge is 2.28. The predicted molar refractivity (Wildman–Crippen MR) is 75.7 cm³/mol. The molecule has 0 saturated heterocycles. The first kappa shape index (κ1) is 14.2. The van der Waals surface area contributed by atoms with E-state index in [1.54, 1.807) is 26.2 Å². The summed E-state index contributed by atoms with van der Waals surface area (Å²) in [7, 11) is 1.59. The number of hydrogen-bond donors (Lipinski definition) is 0. The van der Waals surface area contributed by atoms with Gasteiger partial charge in [0.25, 0.3) is 5.91 Å². The van der Waals surface area contributed by atoms with Crippen LogP contribution in [0.1, 0.15) is 29.8 Å². The second kappa shape index (κ2) is 5.86. The average Bonchev–Trinajstić information content (AvgIpc) is 2.45. The first-order valence-corrected chi connectivity index (χ1v) is 6.42. The molecule has 1 aromatic carbocycles. The first-order valence-electron chi connectivity index (χ1n) is 6.42. The molecule has 4 nitrogen and oxygen atoms in total. The van der Waals surface area contributed by atoms with Crippen molar-refractivity contribution in [2.75, 3.05) is 13.7 Å². The summed E-state index contributed by atoms with van der Waals surface area (Å²) in [6.45, 7) is 3.41. The minimum atomic E-state index is -0.464. The number of aliphatic imine (C=N–C) groups is 1. The molecule has 0 spiro atoms. The van der Waals surface area contributed by atoms with Gasteiger partial charge in [0.05, 0.1) is 7.11 Å². The summed E-state index contributed by atoms with van der Waals surface area (Å²) >= 11 is 0. The molecule has 0 radical (unpaired) electrons. The zero-order chi connectivity index (χ0) is 14.7. The van der Waals surface area contributed by atoms with Gasteiger partial charge in [-0.3, -0.25) is 9.69 Å². The van der Waals surface area contributed by atoms with Crippen molar-refractivity contribution in [3.05, 3.63) is 41.0 Å². The molecular weight excluding hydrogens is 259 g/mol. The van der Waals surface area contributed by atoms with Crippen LogP contribution in [0, 0.1) is 0 Å². The molecule has 2 rings (SSSR count). The molecule has 20 heavy (non-hydrogen) atoms. The van der Waals surface area contributed by atoms with E-state index in [2.05, 4.69) is 4.99 Å². The molecule has 106 valence electrons. The molecule has 1 aromatic rings. The summed E-state index contributed by atoms with van der Waals surface area (Å²) in [6.07, 6.45) is 2.13. The fraction of sp³-hybridized carbons (Fsp3) is 0.333. The summed E-state index contributed by atoms with van der Waals surface area (Å²) in [5, 5.41) is 0. The number of benzene rings is 1. The lowest BCUT2D eigenvalue weighted by atomic mass is 9.98. The number of fused-ring (bicyclic) bond motifs is 1. The third kappa shape index (κ3) is 2.57. The maximum atomic E-state index is 13.6. The second-order valence-electron chi connectivity index (χ2n) is 4.47. The third-order valence-electron chi connectivity index (χ3n) is 3.21. The molecule has 0 aromatic heterocycles. The highest BCUT2D eigenvalue weighted by atomic mass is 19.1. The van der Waals surface area contributed by atoms with Crippen molar-refractivity contribution in [1.82, 2.24) is 4.90 Å². The molecule has 1 amide bonds. The molecule has 0 unspecified atom stereocenters. The Labute approximate surface area is 117 Å². The van der Waals surface area contributed by atoms with Crippen molar-refractivity contribution in [2.24, 2.45) is 4.99 Å². The number of ether oxygens (including phenoxy) is 1. The Morgan fingerprint density at radius 2 is 2.25 bits per heavy atom. The van der Waals surface area contributed by atoms with Gasteiger partial charge in [0.1, 0.15) is 11.6 Å². The molecule has 1 aliphatic heterocycles. The highest BCUT2D eigenvalue weighted by Crippen LogP contribution is 2.27. The fourth-order valence-electron chi connectivity index (χ4n) is 2.26. The maximum Gasteiger partial charge on any atom is 0.259 e. The van der Waals surface area contributed by atoms with Crippen LogP contribution in [0.3, 0.4) is 0 Å². The van der Waals surface area contributed by atoms with Crippen molar-refractivity contribution < 1.29 is 13.9 Å². The minimum absolute atomic E-state index is 0.0824. The largest absolute Gasteiger partial charge is 0.497 e. The van der Waals surface area contributed by atoms with Crippen LogP contribution in [-0.2, 0) is 6.42 Å². The van der Waals surface area contributed by atoms with E-state index in [-0.39, 0.29) is 11.7 Å². The Morgan fingerprint density at radius 1 is 1.50 bits per heavy atom. The molecule has 0 aliphatic carbocycles. The van der Waals surface area contributed by atoms with Crippen molar-refractivity contribution in [3.8, 4) is 5.75 Å². The number of methoxy groups -OCH3 is 1. The smallest absolute Gasteiger partial charge is 0.259 e. The van der Waals surface area contributed by atoms with Gasteiger partial charge in [-0.05, 0) is 44.0 Å². The van der Waals surface area contributed by atoms with Gasteiger partial charge in [0.15, 0.2) is 5.82 Å². The molecule has 0 fully saturated rings. The summed E-state index contributed by atoms with van der Waals surface area (Å²) in [6, 6.07) is 5.29. The summed E-state index contributed by atoms with van der Waals surface area (Å²) in [4.78, 5) is 17.8. The van der Waals surface area contributed by atoms with E-state index in [0.717, 1.165) is 5.56 Å². The van der Waals surface area contributed by atoms with E-state index in [1.165, 1.54) is 18.0 Å². The number of amides is 1. The van der Waals surface area contributed by atoms with Crippen LogP contribution in [-0.4, -0.2) is 30.7 Å². The van der Waals surface area contributed by atoms with Crippen LogP contribution in [0.4, 0.5) is 4.39 Å². The van der Waals surface area contributed by atoms with Gasteiger partial charge >= 0.3 is 0 Å². The predicted octanol–water partition coefficient (Wildman–Crippen LogP) is 2.94. The van der Waals surface area contributed by atoms with Crippen molar-refractivity contribution in [3.63, 3.8) is 0 Å². The number of nitrogens with zero attached hydrogens (tertiary/aromatic N) is 2. The summed E-state index contributed by atoms with van der Waals surface area (Å²) in [5.41, 5.74) is 1.49. The van der Waals surface area contributed by atoms with Gasteiger partial charge in [-0.2, -0.15) is 0 Å². The molecule has 0 atom stereocenters. The number of allylic oxidation sites excluding steroid dienone is 1. The Hall–Kier alpha value is -2.17. The lowest BCUT2D eigenvalue weighted by molar-refractivity contribution is 0.0785. The number of carbonyl (C=O) groups is 1. The zero-order valence-corrected chi connectivity index (χ0v) is 11.8. The van der Waals surface area contributed by atoms with E-state index >= 15 is 0 Å². The number of rotatable bonds is 3. The van der Waals surface area contributed by atoms with Crippen molar-refractivity contribution in [2.45, 2.75) is 20.3 Å². The van der Waals surface area contributed by atoms with E-state index < -0.39 is 5.83 Å². The Morgan fingerprint density at radius 3 is 2.85 bits per heavy atom. The van der Waals surface area contributed by atoms with Gasteiger partial charge in [-0.15, -0.1) is 0 Å². The summed E-state index contributed by atoms with van der Waals surface area (Å²) < 4.78 is 18.7. The fourth-order valence-corrected chi connectivity index (χ4v) is 2.26. The van der Waals surface area contributed by atoms with Gasteiger partial charge in [0, 0.05) is 18.3 Å². The van der Waals surface area contributed by atoms with Gasteiger partial charge in [0.2, 0.25) is 0 Å². The normalized spacial score (nSPS) is 16.2. The maximum absolute atomic E-state index is 13.6. The average molecular weight is 276 g/mol. The lowest BCUT2D eigenvalue weighted by Gasteiger charge is -2.28. The number of hydrogen-bond acceptors (Lipinski definition) is 3. The number of carbonyl (C=O) groups excluding carboxylic acids is 1. The van der Waals surface area contributed by atoms with Crippen LogP contribution in [0.5, 0.6) is 5.75 Å². The highest BCUT2D eigenvalue weighted by molar-refractivity contribution is 5.98. The Balaban J connectivity index is 2.39. The Kier molecular flexibility index (Phi) is 4.17. The number of halogens is 1. The molecule has 1 aliphatic rings. The first-order chi connectivity index (χ1) is 9.58. The molecule has 0 saturated carbocycles. The topological polar surface area (TPSA) is 41.9 Å². The standard InChI is InChI=1S/C15H17FN2O2/c1-4-17-14(10(2)16)18-8-7-11-9-12(20-3)5-6-13(11)15(18)19/h4-6,9H,7-8H2,1-3H3/b14-10-,17-4-. The van der Waals surface area contributed by atoms with E-state index in [4.69, 9.17) is 4.74 Å². The molecule has 5 heteroatoms. The van der Waals surface area contributed by atoms with Gasteiger partial charge < -0.3 is 4.74 Å². The Bertz CT molecular complexity index is 590. The van der Waals surface area contributed by atoms with Gasteiger partial charge in [-0.1, -0.05) is 0 Å². The van der Waals surface area contributed by atoms with Gasteiger partial charge in [-0.25, -0.2) is 9.38 Å². The summed E-state index contributed by atoms with van der Waals surface area (Å²) in [5.74, 6) is 0.105. The molecule has 0 N–H and O–H groups in total. The molecule has 1 heterocycles. The lowest BCUT2D eigenvalue weighted by Crippen LogP contribution is -2.36. The third-order valence-corrected chi connectivity index (χ3v) is 3.21. The molecule has 0 bridgehead atoms. The van der Waals surface area contributed by atoms with E-state index in [1.807, 2.05) is 6.07 Å². The minimum Gasteiger partial charge on any atom is -0.497 e. The second-order valence-corrected chi connectivity index (χ2v) is 4.47. The van der Waals surface area contributed by atoms with Crippen molar-refractivity contribution in [1.29, 1.82) is 0 Å². The van der Waals surface area contributed by atoms with Crippen LogP contribution in [0.25, 0.3) is 0 Å². The van der Waals surface area contributed by atoms with Crippen molar-refractivity contribution >= 4 is 12.1 Å². The zero-order valence-electron chi connectivity index (χ0n) is 11.8. The van der Waals surface area contributed by atoms with E-state index in [9.17, 15) is 9.18 Å². The van der Waals surface area contributed by atoms with Crippen LogP contribution in [0.2, 0.25) is 0 Å². The van der Waals surface area contributed by atoms with E-state index in [0.29, 0.717) is 24.3 Å². The van der Waals surface area contributed by atoms with Crippen LogP contribution >= 0.6 is 0 Å². The SMILES string of the molecule is C/C=N\C(=C(/C)F)N1CCc2cc(OC)ccc2C1=O. The quantitative estimate of drug-likeness (QED) is 0.796. The monoisotopic (exact) mass is 276 g/mol. The molecular formula is C15H17FN2O2. The van der Waals surface area contributed by atoms with Crippen LogP contribution < -0.4 is 4.74 Å². The van der Waals surface area contributed by atoms with Crippen LogP contribution in [0.15, 0.2) is 34.8 Å².